The van der Waals surface area contributed by atoms with Crippen molar-refractivity contribution in [2.75, 3.05) is 18.0 Å². The van der Waals surface area contributed by atoms with Crippen molar-refractivity contribution < 1.29 is 14.5 Å². The van der Waals surface area contributed by atoms with Gasteiger partial charge in [0, 0.05) is 40.9 Å². The Labute approximate surface area is 158 Å². The van der Waals surface area contributed by atoms with Gasteiger partial charge in [-0.3, -0.25) is 19.7 Å². The second-order valence-corrected chi connectivity index (χ2v) is 6.86. The van der Waals surface area contributed by atoms with Crippen molar-refractivity contribution in [3.05, 3.63) is 68.7 Å². The Kier molecular flexibility index (Phi) is 5.03. The molecule has 0 N–H and O–H groups in total. The summed E-state index contributed by atoms with van der Waals surface area (Å²) in [4.78, 5) is 38.8. The smallest absolute Gasteiger partial charge is 0.269 e. The predicted molar refractivity (Wildman–Crippen MR) is 100 cm³/mol. The number of nitro benzene ring substituents is 1. The van der Waals surface area contributed by atoms with E-state index >= 15 is 0 Å². The summed E-state index contributed by atoms with van der Waals surface area (Å²) < 4.78 is 0.876. The topological polar surface area (TPSA) is 83.8 Å². The molecule has 1 fully saturated rings. The van der Waals surface area contributed by atoms with Gasteiger partial charge in [0.05, 0.1) is 4.92 Å². The molecule has 0 spiro atoms. The Hall–Kier alpha value is -2.74. The number of non-ortho nitro benzene ring substituents is 1. The maximum atomic E-state index is 12.7. The summed E-state index contributed by atoms with van der Waals surface area (Å²) in [6, 6.07) is 12.2. The molecule has 1 heterocycles. The molecule has 1 aliphatic rings. The van der Waals surface area contributed by atoms with Crippen molar-refractivity contribution in [3.8, 4) is 0 Å². The lowest BCUT2D eigenvalue weighted by molar-refractivity contribution is -0.384. The number of piperazine rings is 1. The molecule has 134 valence electrons. The maximum absolute atomic E-state index is 12.7. The SMILES string of the molecule is CC1C(=O)N(c2ccc([N+](=O)[O-])cc2)CCN1C(=O)c1ccc(Br)cc1. The van der Waals surface area contributed by atoms with E-state index in [0.29, 0.717) is 24.3 Å². The molecule has 1 saturated heterocycles. The first kappa shape index (κ1) is 18.1. The van der Waals surface area contributed by atoms with Gasteiger partial charge < -0.3 is 9.80 Å². The van der Waals surface area contributed by atoms with Gasteiger partial charge in [-0.15, -0.1) is 0 Å². The van der Waals surface area contributed by atoms with Crippen molar-refractivity contribution in [2.24, 2.45) is 0 Å². The lowest BCUT2D eigenvalue weighted by Crippen LogP contribution is -2.57. The van der Waals surface area contributed by atoms with Gasteiger partial charge in [0.15, 0.2) is 0 Å². The third-order valence-electron chi connectivity index (χ3n) is 4.38. The van der Waals surface area contributed by atoms with Crippen molar-refractivity contribution in [2.45, 2.75) is 13.0 Å². The quantitative estimate of drug-likeness (QED) is 0.566. The van der Waals surface area contributed by atoms with E-state index in [1.807, 2.05) is 0 Å². The molecule has 26 heavy (non-hydrogen) atoms. The predicted octanol–water partition coefficient (Wildman–Crippen LogP) is 3.23. The van der Waals surface area contributed by atoms with Gasteiger partial charge >= 0.3 is 0 Å². The first-order valence-corrected chi connectivity index (χ1v) is 8.80. The normalized spacial score (nSPS) is 17.3. The Morgan fingerprint density at radius 1 is 1.12 bits per heavy atom. The van der Waals surface area contributed by atoms with E-state index in [1.54, 1.807) is 53.1 Å². The summed E-state index contributed by atoms with van der Waals surface area (Å²) in [6.07, 6.45) is 0. The second kappa shape index (κ2) is 7.25. The van der Waals surface area contributed by atoms with E-state index in [4.69, 9.17) is 0 Å². The van der Waals surface area contributed by atoms with Crippen LogP contribution in [0.1, 0.15) is 17.3 Å². The van der Waals surface area contributed by atoms with Crippen LogP contribution < -0.4 is 4.90 Å². The summed E-state index contributed by atoms with van der Waals surface area (Å²) in [7, 11) is 0. The molecule has 0 saturated carbocycles. The first-order valence-electron chi connectivity index (χ1n) is 8.01. The number of nitrogens with zero attached hydrogens (tertiary/aromatic N) is 3. The number of benzene rings is 2. The monoisotopic (exact) mass is 417 g/mol. The van der Waals surface area contributed by atoms with Crippen LogP contribution in [0.2, 0.25) is 0 Å². The van der Waals surface area contributed by atoms with Gasteiger partial charge in [0.1, 0.15) is 6.04 Å². The number of nitro groups is 1. The summed E-state index contributed by atoms with van der Waals surface area (Å²) >= 11 is 3.33. The molecule has 2 aromatic rings. The number of halogens is 1. The molecule has 7 nitrogen and oxygen atoms in total. The van der Waals surface area contributed by atoms with Crippen LogP contribution in [0.3, 0.4) is 0 Å². The number of hydrogen-bond donors (Lipinski definition) is 0. The molecule has 1 atom stereocenters. The standard InChI is InChI=1S/C18H16BrN3O4/c1-12-17(23)21(15-6-8-16(9-7-15)22(25)26)11-10-20(12)18(24)13-2-4-14(19)5-3-13/h2-9,12H,10-11H2,1H3. The number of rotatable bonds is 3. The lowest BCUT2D eigenvalue weighted by atomic mass is 10.1. The minimum absolute atomic E-state index is 0.0294. The van der Waals surface area contributed by atoms with Gasteiger partial charge in [-0.05, 0) is 43.3 Å². The molecule has 2 amide bonds. The molecule has 0 aromatic heterocycles. The van der Waals surface area contributed by atoms with Crippen molar-refractivity contribution >= 4 is 39.1 Å². The molecule has 1 unspecified atom stereocenters. The number of anilines is 1. The van der Waals surface area contributed by atoms with Crippen LogP contribution in [0, 0.1) is 10.1 Å². The maximum Gasteiger partial charge on any atom is 0.269 e. The molecule has 8 heteroatoms. The minimum atomic E-state index is -0.616. The fourth-order valence-electron chi connectivity index (χ4n) is 2.92. The lowest BCUT2D eigenvalue weighted by Gasteiger charge is -2.39. The zero-order chi connectivity index (χ0) is 18.8. The molecule has 1 aliphatic heterocycles. The highest BCUT2D eigenvalue weighted by atomic mass is 79.9. The van der Waals surface area contributed by atoms with Crippen molar-refractivity contribution in [3.63, 3.8) is 0 Å². The van der Waals surface area contributed by atoms with Crippen LogP contribution >= 0.6 is 15.9 Å². The summed E-state index contributed by atoms with van der Waals surface area (Å²) in [5, 5.41) is 10.8. The van der Waals surface area contributed by atoms with E-state index < -0.39 is 11.0 Å². The fraction of sp³-hybridized carbons (Fsp3) is 0.222. The van der Waals surface area contributed by atoms with E-state index in [9.17, 15) is 19.7 Å². The third kappa shape index (κ3) is 3.45. The average molecular weight is 418 g/mol. The van der Waals surface area contributed by atoms with Crippen LogP contribution in [-0.2, 0) is 4.79 Å². The van der Waals surface area contributed by atoms with E-state index in [-0.39, 0.29) is 17.5 Å². The highest BCUT2D eigenvalue weighted by Gasteiger charge is 2.35. The van der Waals surface area contributed by atoms with E-state index in [1.165, 1.54) is 12.1 Å². The Morgan fingerprint density at radius 2 is 1.73 bits per heavy atom. The van der Waals surface area contributed by atoms with Gasteiger partial charge in [0.25, 0.3) is 11.6 Å². The average Bonchev–Trinajstić information content (AvgIpc) is 2.64. The number of carbonyl (C=O) groups excluding carboxylic acids is 2. The van der Waals surface area contributed by atoms with Crippen molar-refractivity contribution in [1.29, 1.82) is 0 Å². The number of amides is 2. The Bertz CT molecular complexity index is 852. The van der Waals surface area contributed by atoms with Gasteiger partial charge in [0.2, 0.25) is 5.91 Å². The van der Waals surface area contributed by atoms with Crippen LogP contribution in [0.25, 0.3) is 0 Å². The Balaban J connectivity index is 1.76. The Morgan fingerprint density at radius 3 is 2.31 bits per heavy atom. The molecular formula is C18H16BrN3O4. The largest absolute Gasteiger partial charge is 0.325 e. The summed E-state index contributed by atoms with van der Waals surface area (Å²) in [5.74, 6) is -0.405. The molecule has 0 radical (unpaired) electrons. The van der Waals surface area contributed by atoms with Gasteiger partial charge in [-0.2, -0.15) is 0 Å². The highest BCUT2D eigenvalue weighted by molar-refractivity contribution is 9.10. The van der Waals surface area contributed by atoms with Crippen LogP contribution in [0.15, 0.2) is 53.0 Å². The molecular weight excluding hydrogens is 402 g/mol. The van der Waals surface area contributed by atoms with Crippen LogP contribution in [-0.4, -0.2) is 40.8 Å². The zero-order valence-electron chi connectivity index (χ0n) is 14.0. The second-order valence-electron chi connectivity index (χ2n) is 5.94. The molecule has 0 aliphatic carbocycles. The molecule has 2 aromatic carbocycles. The van der Waals surface area contributed by atoms with Crippen LogP contribution in [0.5, 0.6) is 0 Å². The number of carbonyl (C=O) groups is 2. The van der Waals surface area contributed by atoms with Gasteiger partial charge in [-0.25, -0.2) is 0 Å². The fourth-order valence-corrected chi connectivity index (χ4v) is 3.18. The minimum Gasteiger partial charge on any atom is -0.325 e. The number of hydrogen-bond acceptors (Lipinski definition) is 4. The van der Waals surface area contributed by atoms with Gasteiger partial charge in [-0.1, -0.05) is 15.9 Å². The van der Waals surface area contributed by atoms with E-state index in [2.05, 4.69) is 15.9 Å². The first-order chi connectivity index (χ1) is 12.4. The molecule has 3 rings (SSSR count). The summed E-state index contributed by atoms with van der Waals surface area (Å²) in [5.41, 5.74) is 1.08. The highest BCUT2D eigenvalue weighted by Crippen LogP contribution is 2.24. The molecule has 0 bridgehead atoms. The van der Waals surface area contributed by atoms with Crippen LogP contribution in [0.4, 0.5) is 11.4 Å². The van der Waals surface area contributed by atoms with Crippen molar-refractivity contribution in [1.82, 2.24) is 4.90 Å². The zero-order valence-corrected chi connectivity index (χ0v) is 15.5. The summed E-state index contributed by atoms with van der Waals surface area (Å²) in [6.45, 7) is 2.42. The van der Waals surface area contributed by atoms with E-state index in [0.717, 1.165) is 4.47 Å². The third-order valence-corrected chi connectivity index (χ3v) is 4.91.